The minimum Gasteiger partial charge on any atom is -0.477 e. The van der Waals surface area contributed by atoms with Gasteiger partial charge in [-0.3, -0.25) is 4.79 Å². The highest BCUT2D eigenvalue weighted by atomic mass is 79.9. The predicted octanol–water partition coefficient (Wildman–Crippen LogP) is 4.55. The predicted molar refractivity (Wildman–Crippen MR) is 98.9 cm³/mol. The summed E-state index contributed by atoms with van der Waals surface area (Å²) in [6.07, 6.45) is 1.42. The van der Waals surface area contributed by atoms with Gasteiger partial charge in [-0.15, -0.1) is 0 Å². The van der Waals surface area contributed by atoms with E-state index in [-0.39, 0.29) is 17.2 Å². The minimum atomic E-state index is -0.522. The van der Waals surface area contributed by atoms with Crippen molar-refractivity contribution in [3.8, 4) is 17.9 Å². The van der Waals surface area contributed by atoms with Crippen LogP contribution in [0.5, 0.6) is 5.75 Å². The number of nitriles is 2. The summed E-state index contributed by atoms with van der Waals surface area (Å²) in [7, 11) is 0. The number of rotatable bonds is 5. The van der Waals surface area contributed by atoms with Crippen LogP contribution < -0.4 is 10.1 Å². The lowest BCUT2D eigenvalue weighted by Crippen LogP contribution is -2.13. The number of carbonyl (C=O) groups is 1. The van der Waals surface area contributed by atoms with Crippen molar-refractivity contribution in [1.29, 1.82) is 10.5 Å². The number of benzene rings is 2. The lowest BCUT2D eigenvalue weighted by atomic mass is 10.1. The molecule has 2 aromatic carbocycles. The van der Waals surface area contributed by atoms with Gasteiger partial charge in [-0.25, -0.2) is 0 Å². The largest absolute Gasteiger partial charge is 0.477 e. The maximum Gasteiger partial charge on any atom is 0.266 e. The summed E-state index contributed by atoms with van der Waals surface area (Å²) in [6.45, 7) is -0.117. The Labute approximate surface area is 158 Å². The zero-order chi connectivity index (χ0) is 18.2. The smallest absolute Gasteiger partial charge is 0.266 e. The van der Waals surface area contributed by atoms with Crippen molar-refractivity contribution in [3.05, 3.63) is 63.1 Å². The van der Waals surface area contributed by atoms with Crippen LogP contribution in [0.1, 0.15) is 5.56 Å². The fraction of sp³-hybridized carbons (Fsp3) is 0.0556. The Bertz CT molecular complexity index is 896. The van der Waals surface area contributed by atoms with Crippen molar-refractivity contribution >= 4 is 45.2 Å². The van der Waals surface area contributed by atoms with Crippen molar-refractivity contribution in [2.45, 2.75) is 0 Å². The molecule has 7 heteroatoms. The maximum atomic E-state index is 12.2. The molecule has 0 unspecified atom stereocenters. The van der Waals surface area contributed by atoms with Gasteiger partial charge >= 0.3 is 0 Å². The fourth-order valence-electron chi connectivity index (χ4n) is 1.88. The van der Waals surface area contributed by atoms with Crippen molar-refractivity contribution in [1.82, 2.24) is 0 Å². The molecule has 124 valence electrons. The van der Waals surface area contributed by atoms with E-state index in [4.69, 9.17) is 21.6 Å². The first kappa shape index (κ1) is 18.5. The number of nitrogens with zero attached hydrogens (tertiary/aromatic N) is 2. The van der Waals surface area contributed by atoms with Crippen LogP contribution in [0.2, 0.25) is 5.02 Å². The molecule has 0 aliphatic heterocycles. The molecule has 2 aromatic rings. The molecule has 5 nitrogen and oxygen atoms in total. The number of hydrogen-bond acceptors (Lipinski definition) is 4. The van der Waals surface area contributed by atoms with Gasteiger partial charge < -0.3 is 10.1 Å². The third-order valence-electron chi connectivity index (χ3n) is 3.03. The molecule has 0 heterocycles. The Hall–Kier alpha value is -2.80. The summed E-state index contributed by atoms with van der Waals surface area (Å²) in [5.41, 5.74) is 1.08. The van der Waals surface area contributed by atoms with E-state index in [0.29, 0.717) is 17.0 Å². The fourth-order valence-corrected chi connectivity index (χ4v) is 2.39. The molecule has 0 spiro atoms. The highest BCUT2D eigenvalue weighted by Crippen LogP contribution is 2.26. The second-order valence-corrected chi connectivity index (χ2v) is 6.09. The molecule has 0 bridgehead atoms. The van der Waals surface area contributed by atoms with Gasteiger partial charge in [0.05, 0.1) is 5.02 Å². The van der Waals surface area contributed by atoms with Gasteiger partial charge in [0.15, 0.2) is 6.61 Å². The van der Waals surface area contributed by atoms with E-state index in [9.17, 15) is 10.1 Å². The Morgan fingerprint density at radius 2 is 1.96 bits per heavy atom. The van der Waals surface area contributed by atoms with E-state index in [0.717, 1.165) is 4.47 Å². The molecule has 0 aliphatic carbocycles. The summed E-state index contributed by atoms with van der Waals surface area (Å²) in [5.74, 6) is -0.163. The highest BCUT2D eigenvalue weighted by Gasteiger charge is 2.10. The highest BCUT2D eigenvalue weighted by molar-refractivity contribution is 9.10. The van der Waals surface area contributed by atoms with Gasteiger partial charge in [0.1, 0.15) is 23.5 Å². The molecule has 0 saturated heterocycles. The van der Waals surface area contributed by atoms with Gasteiger partial charge in [0.2, 0.25) is 0 Å². The lowest BCUT2D eigenvalue weighted by molar-refractivity contribution is -0.112. The standard InChI is InChI=1S/C18H11BrClN3O2/c19-14-2-4-15(5-3-14)23-18(24)13(11-22)9-12-1-6-17(16(20)10-12)25-8-7-21/h1-6,9-10H,8H2,(H,23,24)/b13-9+. The van der Waals surface area contributed by atoms with E-state index in [1.165, 1.54) is 6.08 Å². The summed E-state index contributed by atoms with van der Waals surface area (Å²) in [6, 6.07) is 15.5. The Morgan fingerprint density at radius 3 is 2.56 bits per heavy atom. The monoisotopic (exact) mass is 415 g/mol. The summed E-state index contributed by atoms with van der Waals surface area (Å²) < 4.78 is 6.03. The van der Waals surface area contributed by atoms with Crippen LogP contribution in [0.15, 0.2) is 52.5 Å². The number of nitrogens with one attached hydrogen (secondary N) is 1. The van der Waals surface area contributed by atoms with E-state index in [1.54, 1.807) is 42.5 Å². The first-order chi connectivity index (χ1) is 12.0. The third kappa shape index (κ3) is 5.36. The quantitative estimate of drug-likeness (QED) is 0.572. The molecule has 0 atom stereocenters. The second kappa shape index (κ2) is 8.89. The Balaban J connectivity index is 2.17. The molecule has 0 saturated carbocycles. The first-order valence-electron chi connectivity index (χ1n) is 7.01. The normalized spacial score (nSPS) is 10.5. The van der Waals surface area contributed by atoms with Crippen LogP contribution in [-0.4, -0.2) is 12.5 Å². The molecular formula is C18H11BrClN3O2. The lowest BCUT2D eigenvalue weighted by Gasteiger charge is -2.06. The van der Waals surface area contributed by atoms with Crippen molar-refractivity contribution in [3.63, 3.8) is 0 Å². The Kier molecular flexibility index (Phi) is 6.59. The number of hydrogen-bond donors (Lipinski definition) is 1. The molecule has 1 amide bonds. The minimum absolute atomic E-state index is 0.0651. The van der Waals surface area contributed by atoms with Gasteiger partial charge in [-0.1, -0.05) is 33.6 Å². The molecular weight excluding hydrogens is 406 g/mol. The summed E-state index contributed by atoms with van der Waals surface area (Å²) >= 11 is 9.37. The van der Waals surface area contributed by atoms with Gasteiger partial charge in [0, 0.05) is 10.2 Å². The van der Waals surface area contributed by atoms with Crippen LogP contribution in [0.25, 0.3) is 6.08 Å². The molecule has 0 fully saturated rings. The summed E-state index contributed by atoms with van der Waals surface area (Å²) in [4.78, 5) is 12.2. The van der Waals surface area contributed by atoms with E-state index in [1.807, 2.05) is 12.1 Å². The maximum absolute atomic E-state index is 12.2. The average molecular weight is 417 g/mol. The van der Waals surface area contributed by atoms with E-state index < -0.39 is 5.91 Å². The molecule has 1 N–H and O–H groups in total. The van der Waals surface area contributed by atoms with Crippen LogP contribution in [0.4, 0.5) is 5.69 Å². The van der Waals surface area contributed by atoms with E-state index in [2.05, 4.69) is 21.2 Å². The van der Waals surface area contributed by atoms with Crippen LogP contribution in [0.3, 0.4) is 0 Å². The third-order valence-corrected chi connectivity index (χ3v) is 3.85. The first-order valence-corrected chi connectivity index (χ1v) is 8.18. The van der Waals surface area contributed by atoms with Gasteiger partial charge in [-0.05, 0) is 48.0 Å². The van der Waals surface area contributed by atoms with E-state index >= 15 is 0 Å². The number of amides is 1. The number of halogens is 2. The van der Waals surface area contributed by atoms with Gasteiger partial charge in [0.25, 0.3) is 5.91 Å². The van der Waals surface area contributed by atoms with Crippen molar-refractivity contribution in [2.24, 2.45) is 0 Å². The molecule has 0 aliphatic rings. The van der Waals surface area contributed by atoms with Crippen molar-refractivity contribution < 1.29 is 9.53 Å². The molecule has 25 heavy (non-hydrogen) atoms. The number of anilines is 1. The number of ether oxygens (including phenoxy) is 1. The molecule has 0 aromatic heterocycles. The number of carbonyl (C=O) groups excluding carboxylic acids is 1. The van der Waals surface area contributed by atoms with Gasteiger partial charge in [-0.2, -0.15) is 10.5 Å². The zero-order valence-corrected chi connectivity index (χ0v) is 15.1. The van der Waals surface area contributed by atoms with Crippen LogP contribution >= 0.6 is 27.5 Å². The van der Waals surface area contributed by atoms with Crippen LogP contribution in [-0.2, 0) is 4.79 Å². The van der Waals surface area contributed by atoms with Crippen molar-refractivity contribution in [2.75, 3.05) is 11.9 Å². The zero-order valence-electron chi connectivity index (χ0n) is 12.8. The summed E-state index contributed by atoms with van der Waals surface area (Å²) in [5, 5.41) is 20.7. The average Bonchev–Trinajstić information content (AvgIpc) is 2.60. The topological polar surface area (TPSA) is 85.9 Å². The molecule has 0 radical (unpaired) electrons. The SMILES string of the molecule is N#CCOc1ccc(/C=C(\C#N)C(=O)Nc2ccc(Br)cc2)cc1Cl. The molecule has 2 rings (SSSR count). The Morgan fingerprint density at radius 1 is 1.24 bits per heavy atom. The van der Waals surface area contributed by atoms with Crippen LogP contribution in [0, 0.1) is 22.7 Å². The second-order valence-electron chi connectivity index (χ2n) is 4.77.